The summed E-state index contributed by atoms with van der Waals surface area (Å²) in [6, 6.07) is 16.8. The molecule has 0 aliphatic heterocycles. The number of hydrogen-bond acceptors (Lipinski definition) is 2. The Kier molecular flexibility index (Phi) is 4.37. The monoisotopic (exact) mass is 279 g/mol. The van der Waals surface area contributed by atoms with Gasteiger partial charge in [-0.2, -0.15) is 0 Å². The molecule has 2 heteroatoms. The van der Waals surface area contributed by atoms with E-state index in [9.17, 15) is 0 Å². The molecule has 0 aliphatic rings. The smallest absolute Gasteiger partial charge is 0.141 e. The second-order valence-corrected chi connectivity index (χ2v) is 5.31. The van der Waals surface area contributed by atoms with E-state index >= 15 is 0 Å². The minimum atomic E-state index is 0.995. The van der Waals surface area contributed by atoms with Gasteiger partial charge in [0.15, 0.2) is 0 Å². The molecule has 21 heavy (non-hydrogen) atoms. The summed E-state index contributed by atoms with van der Waals surface area (Å²) in [6.07, 6.45) is 4.08. The minimum Gasteiger partial charge on any atom is -0.463 e. The van der Waals surface area contributed by atoms with E-state index in [-0.39, 0.29) is 0 Å². The second kappa shape index (κ2) is 6.59. The second-order valence-electron chi connectivity index (χ2n) is 5.31. The molecule has 0 unspecified atom stereocenters. The highest BCUT2D eigenvalue weighted by Gasteiger charge is 2.10. The molecule has 0 amide bonds. The summed E-state index contributed by atoms with van der Waals surface area (Å²) < 4.78 is 5.86. The number of fused-ring (bicyclic) bond motifs is 1. The number of nitrogens with one attached hydrogen (secondary N) is 1. The maximum absolute atomic E-state index is 5.86. The van der Waals surface area contributed by atoms with E-state index in [0.717, 1.165) is 25.1 Å². The van der Waals surface area contributed by atoms with E-state index in [1.54, 1.807) is 0 Å². The third-order valence-electron chi connectivity index (χ3n) is 3.76. The Morgan fingerprint density at radius 3 is 2.62 bits per heavy atom. The van der Waals surface area contributed by atoms with Gasteiger partial charge in [0, 0.05) is 10.9 Å². The number of hydrogen-bond donors (Lipinski definition) is 1. The van der Waals surface area contributed by atoms with Crippen LogP contribution in [0.2, 0.25) is 0 Å². The van der Waals surface area contributed by atoms with Gasteiger partial charge in [0.05, 0.1) is 6.26 Å². The van der Waals surface area contributed by atoms with Gasteiger partial charge >= 0.3 is 0 Å². The van der Waals surface area contributed by atoms with E-state index in [1.165, 1.54) is 28.5 Å². The van der Waals surface area contributed by atoms with Crippen LogP contribution in [0.25, 0.3) is 22.1 Å². The van der Waals surface area contributed by atoms with Crippen LogP contribution in [0.15, 0.2) is 59.2 Å². The van der Waals surface area contributed by atoms with E-state index in [1.807, 2.05) is 12.3 Å². The van der Waals surface area contributed by atoms with Crippen molar-refractivity contribution in [3.8, 4) is 11.1 Å². The van der Waals surface area contributed by atoms with E-state index < -0.39 is 0 Å². The Balaban J connectivity index is 1.90. The molecule has 0 radical (unpaired) electrons. The molecule has 0 saturated heterocycles. The van der Waals surface area contributed by atoms with Crippen molar-refractivity contribution in [3.63, 3.8) is 0 Å². The van der Waals surface area contributed by atoms with E-state index in [2.05, 4.69) is 54.7 Å². The van der Waals surface area contributed by atoms with E-state index in [4.69, 9.17) is 4.42 Å². The largest absolute Gasteiger partial charge is 0.463 e. The first kappa shape index (κ1) is 13.9. The van der Waals surface area contributed by atoms with Gasteiger partial charge in [-0.25, -0.2) is 0 Å². The summed E-state index contributed by atoms with van der Waals surface area (Å²) in [5.74, 6) is 0. The third kappa shape index (κ3) is 3.01. The van der Waals surface area contributed by atoms with Crippen LogP contribution in [0, 0.1) is 0 Å². The lowest BCUT2D eigenvalue weighted by Crippen LogP contribution is -2.17. The average Bonchev–Trinajstić information content (AvgIpc) is 2.96. The van der Waals surface area contributed by atoms with Crippen molar-refractivity contribution in [3.05, 3.63) is 60.4 Å². The lowest BCUT2D eigenvalue weighted by atomic mass is 10.0. The first-order valence-electron chi connectivity index (χ1n) is 7.65. The third-order valence-corrected chi connectivity index (χ3v) is 3.76. The molecular weight excluding hydrogens is 258 g/mol. The van der Waals surface area contributed by atoms with Crippen LogP contribution in [-0.2, 0) is 6.42 Å². The van der Waals surface area contributed by atoms with Crippen LogP contribution in [-0.4, -0.2) is 13.1 Å². The fourth-order valence-electron chi connectivity index (χ4n) is 2.67. The van der Waals surface area contributed by atoms with E-state index in [0.29, 0.717) is 0 Å². The Labute approximate surface area is 125 Å². The molecule has 108 valence electrons. The van der Waals surface area contributed by atoms with Crippen molar-refractivity contribution in [2.45, 2.75) is 19.8 Å². The molecular formula is C19H21NO. The van der Waals surface area contributed by atoms with Crippen molar-refractivity contribution in [1.29, 1.82) is 0 Å². The quantitative estimate of drug-likeness (QED) is 0.665. The fourth-order valence-corrected chi connectivity index (χ4v) is 2.67. The van der Waals surface area contributed by atoms with Gasteiger partial charge in [-0.05, 0) is 37.1 Å². The summed E-state index contributed by atoms with van der Waals surface area (Å²) >= 11 is 0. The van der Waals surface area contributed by atoms with Crippen LogP contribution in [0.1, 0.15) is 18.9 Å². The molecule has 1 aromatic heterocycles. The van der Waals surface area contributed by atoms with Gasteiger partial charge in [0.2, 0.25) is 0 Å². The zero-order valence-corrected chi connectivity index (χ0v) is 12.4. The van der Waals surface area contributed by atoms with Crippen LogP contribution in [0.4, 0.5) is 0 Å². The summed E-state index contributed by atoms with van der Waals surface area (Å²) in [4.78, 5) is 0. The van der Waals surface area contributed by atoms with Crippen molar-refractivity contribution < 1.29 is 4.42 Å². The van der Waals surface area contributed by atoms with Gasteiger partial charge in [-0.15, -0.1) is 0 Å². The van der Waals surface area contributed by atoms with Crippen LogP contribution >= 0.6 is 0 Å². The Hall–Kier alpha value is -2.06. The molecule has 2 aromatic carbocycles. The SMILES string of the molecule is CCCNCCc1coc2c(-c3ccccc3)cccc12. The maximum atomic E-state index is 5.86. The predicted molar refractivity (Wildman–Crippen MR) is 88.5 cm³/mol. The van der Waals surface area contributed by atoms with Gasteiger partial charge in [-0.3, -0.25) is 0 Å². The molecule has 3 rings (SSSR count). The number of para-hydroxylation sites is 1. The minimum absolute atomic E-state index is 0.995. The molecule has 0 atom stereocenters. The molecule has 0 spiro atoms. The first-order valence-corrected chi connectivity index (χ1v) is 7.65. The molecule has 0 aliphatic carbocycles. The Morgan fingerprint density at radius 1 is 0.952 bits per heavy atom. The molecule has 0 bridgehead atoms. The summed E-state index contributed by atoms with van der Waals surface area (Å²) in [7, 11) is 0. The lowest BCUT2D eigenvalue weighted by Gasteiger charge is -2.03. The van der Waals surface area contributed by atoms with Gasteiger partial charge in [-0.1, -0.05) is 55.5 Å². The lowest BCUT2D eigenvalue weighted by molar-refractivity contribution is 0.606. The molecule has 1 N–H and O–H groups in total. The molecule has 1 heterocycles. The molecule has 3 aromatic rings. The summed E-state index contributed by atoms with van der Waals surface area (Å²) in [6.45, 7) is 4.26. The summed E-state index contributed by atoms with van der Waals surface area (Å²) in [5.41, 5.74) is 4.65. The van der Waals surface area contributed by atoms with Crippen LogP contribution in [0.3, 0.4) is 0 Å². The first-order chi connectivity index (χ1) is 10.4. The van der Waals surface area contributed by atoms with Gasteiger partial charge in [0.1, 0.15) is 5.58 Å². The molecule has 0 fully saturated rings. The highest BCUT2D eigenvalue weighted by Crippen LogP contribution is 2.31. The maximum Gasteiger partial charge on any atom is 0.141 e. The van der Waals surface area contributed by atoms with Crippen molar-refractivity contribution >= 4 is 11.0 Å². The van der Waals surface area contributed by atoms with Crippen molar-refractivity contribution in [2.75, 3.05) is 13.1 Å². The topological polar surface area (TPSA) is 25.2 Å². The highest BCUT2D eigenvalue weighted by molar-refractivity contribution is 5.94. The van der Waals surface area contributed by atoms with Gasteiger partial charge in [0.25, 0.3) is 0 Å². The number of benzene rings is 2. The standard InChI is InChI=1S/C19H21NO/c1-2-12-20-13-11-16-14-21-19-17(9-6-10-18(16)19)15-7-4-3-5-8-15/h3-10,14,20H,2,11-13H2,1H3. The average molecular weight is 279 g/mol. The number of rotatable bonds is 6. The fraction of sp³-hybridized carbons (Fsp3) is 0.263. The predicted octanol–water partition coefficient (Wildman–Crippen LogP) is 4.64. The zero-order chi connectivity index (χ0) is 14.5. The zero-order valence-electron chi connectivity index (χ0n) is 12.4. The summed E-state index contributed by atoms with van der Waals surface area (Å²) in [5, 5.41) is 4.67. The molecule has 2 nitrogen and oxygen atoms in total. The van der Waals surface area contributed by atoms with Crippen LogP contribution in [0.5, 0.6) is 0 Å². The normalized spacial score (nSPS) is 11.1. The van der Waals surface area contributed by atoms with Crippen molar-refractivity contribution in [1.82, 2.24) is 5.32 Å². The van der Waals surface area contributed by atoms with Crippen LogP contribution < -0.4 is 5.32 Å². The van der Waals surface area contributed by atoms with Crippen molar-refractivity contribution in [2.24, 2.45) is 0 Å². The highest BCUT2D eigenvalue weighted by atomic mass is 16.3. The number of furan rings is 1. The molecule has 0 saturated carbocycles. The Morgan fingerprint density at radius 2 is 1.81 bits per heavy atom. The Bertz CT molecular complexity index is 700. The van der Waals surface area contributed by atoms with Gasteiger partial charge < -0.3 is 9.73 Å².